The van der Waals surface area contributed by atoms with Crippen LogP contribution in [-0.4, -0.2) is 45.8 Å². The molecular weight excluding hydrogens is 360 g/mol. The molecule has 1 heterocycles. The number of rotatable bonds is 8. The van der Waals surface area contributed by atoms with Gasteiger partial charge in [-0.2, -0.15) is 0 Å². The van der Waals surface area contributed by atoms with Gasteiger partial charge in [0.2, 0.25) is 0 Å². The van der Waals surface area contributed by atoms with E-state index in [4.69, 9.17) is 9.73 Å². The summed E-state index contributed by atoms with van der Waals surface area (Å²) < 4.78 is 5.43. The Morgan fingerprint density at radius 1 is 1.17 bits per heavy atom. The summed E-state index contributed by atoms with van der Waals surface area (Å²) in [5.41, 5.74) is 3.75. The van der Waals surface area contributed by atoms with Gasteiger partial charge in [-0.3, -0.25) is 4.99 Å². The predicted molar refractivity (Wildman–Crippen MR) is 122 cm³/mol. The van der Waals surface area contributed by atoms with Crippen LogP contribution in [-0.2, 0) is 6.42 Å². The van der Waals surface area contributed by atoms with E-state index in [1.807, 2.05) is 0 Å². The Bertz CT molecular complexity index is 791. The highest BCUT2D eigenvalue weighted by atomic mass is 16.5. The summed E-state index contributed by atoms with van der Waals surface area (Å²) in [6.45, 7) is 8.94. The Balaban J connectivity index is 1.48. The number of aliphatic imine (C=N–C) groups is 1. The number of aryl methyl sites for hydroxylation is 1. The number of nitrogens with one attached hydrogen (secondary N) is 2. The fourth-order valence-electron chi connectivity index (χ4n) is 3.76. The minimum Gasteiger partial charge on any atom is -0.496 e. The molecule has 1 aliphatic rings. The number of guanidine groups is 1. The van der Waals surface area contributed by atoms with Gasteiger partial charge in [0.15, 0.2) is 5.96 Å². The van der Waals surface area contributed by atoms with Gasteiger partial charge in [-0.15, -0.1) is 0 Å². The van der Waals surface area contributed by atoms with Crippen LogP contribution in [0.5, 0.6) is 5.75 Å². The van der Waals surface area contributed by atoms with E-state index >= 15 is 0 Å². The third kappa shape index (κ3) is 6.14. The Labute approximate surface area is 175 Å². The van der Waals surface area contributed by atoms with Crippen LogP contribution in [0, 0.1) is 12.8 Å². The zero-order chi connectivity index (χ0) is 20.5. The molecule has 1 atom stereocenters. The number of nitrogens with zero attached hydrogens (tertiary/aromatic N) is 2. The van der Waals surface area contributed by atoms with Crippen LogP contribution in [0.3, 0.4) is 0 Å². The summed E-state index contributed by atoms with van der Waals surface area (Å²) in [5.74, 6) is 2.46. The van der Waals surface area contributed by atoms with Gasteiger partial charge < -0.3 is 20.3 Å². The third-order valence-electron chi connectivity index (χ3n) is 5.44. The monoisotopic (exact) mass is 394 g/mol. The molecule has 1 saturated heterocycles. The lowest BCUT2D eigenvalue weighted by molar-refractivity contribution is 0.411. The number of hydrogen-bond acceptors (Lipinski definition) is 3. The summed E-state index contributed by atoms with van der Waals surface area (Å²) >= 11 is 0. The predicted octanol–water partition coefficient (Wildman–Crippen LogP) is 3.63. The van der Waals surface area contributed by atoms with Crippen molar-refractivity contribution in [3.8, 4) is 5.75 Å². The number of anilines is 1. The maximum absolute atomic E-state index is 5.43. The van der Waals surface area contributed by atoms with Crippen molar-refractivity contribution >= 4 is 11.6 Å². The first kappa shape index (κ1) is 21.0. The van der Waals surface area contributed by atoms with E-state index in [-0.39, 0.29) is 0 Å². The fraction of sp³-hybridized carbons (Fsp3) is 0.458. The van der Waals surface area contributed by atoms with Crippen LogP contribution in [0.4, 0.5) is 5.69 Å². The summed E-state index contributed by atoms with van der Waals surface area (Å²) in [6.07, 6.45) is 2.13. The maximum Gasteiger partial charge on any atom is 0.191 e. The second kappa shape index (κ2) is 10.7. The van der Waals surface area contributed by atoms with Gasteiger partial charge in [-0.05, 0) is 61.9 Å². The molecule has 156 valence electrons. The van der Waals surface area contributed by atoms with Crippen molar-refractivity contribution in [2.45, 2.75) is 26.7 Å². The fourth-order valence-corrected chi connectivity index (χ4v) is 3.76. The van der Waals surface area contributed by atoms with E-state index < -0.39 is 0 Å². The van der Waals surface area contributed by atoms with Gasteiger partial charge in [-0.25, -0.2) is 0 Å². The smallest absolute Gasteiger partial charge is 0.191 e. The molecule has 1 unspecified atom stereocenters. The van der Waals surface area contributed by atoms with Crippen LogP contribution in [0.2, 0.25) is 0 Å². The van der Waals surface area contributed by atoms with Crippen LogP contribution >= 0.6 is 0 Å². The SMILES string of the molecule is CCNC(=NCC1CCN(c2ccccc2)C1)NCCc1ccc(C)c(OC)c1. The quantitative estimate of drug-likeness (QED) is 0.530. The molecule has 1 aliphatic heterocycles. The molecule has 2 aromatic rings. The molecule has 5 heteroatoms. The Morgan fingerprint density at radius 2 is 2.00 bits per heavy atom. The zero-order valence-electron chi connectivity index (χ0n) is 17.9. The van der Waals surface area contributed by atoms with Crippen molar-refractivity contribution in [2.24, 2.45) is 10.9 Å². The first-order valence-corrected chi connectivity index (χ1v) is 10.6. The molecule has 0 radical (unpaired) electrons. The van der Waals surface area contributed by atoms with Crippen molar-refractivity contribution in [1.82, 2.24) is 10.6 Å². The Hall–Kier alpha value is -2.69. The summed E-state index contributed by atoms with van der Waals surface area (Å²) in [6, 6.07) is 17.1. The molecule has 2 N–H and O–H groups in total. The van der Waals surface area contributed by atoms with Gasteiger partial charge in [-0.1, -0.05) is 30.3 Å². The highest BCUT2D eigenvalue weighted by Gasteiger charge is 2.22. The van der Waals surface area contributed by atoms with Gasteiger partial charge in [0, 0.05) is 38.4 Å². The molecule has 0 bridgehead atoms. The standard InChI is InChI=1S/C24H34N4O/c1-4-25-24(26-14-12-20-11-10-19(2)23(16-20)29-3)27-17-21-13-15-28(18-21)22-8-6-5-7-9-22/h5-11,16,21H,4,12-15,17-18H2,1-3H3,(H2,25,26,27). The molecule has 29 heavy (non-hydrogen) atoms. The van der Waals surface area contributed by atoms with E-state index in [1.165, 1.54) is 23.2 Å². The van der Waals surface area contributed by atoms with Crippen LogP contribution < -0.4 is 20.3 Å². The van der Waals surface area contributed by atoms with E-state index in [0.29, 0.717) is 5.92 Å². The first-order valence-electron chi connectivity index (χ1n) is 10.6. The lowest BCUT2D eigenvalue weighted by atomic mass is 10.1. The average Bonchev–Trinajstić information content (AvgIpc) is 3.23. The van der Waals surface area contributed by atoms with Gasteiger partial charge in [0.25, 0.3) is 0 Å². The summed E-state index contributed by atoms with van der Waals surface area (Å²) in [5, 5.41) is 6.84. The number of benzene rings is 2. The largest absolute Gasteiger partial charge is 0.496 e. The second-order valence-corrected chi connectivity index (χ2v) is 7.64. The normalized spacial score (nSPS) is 16.7. The van der Waals surface area contributed by atoms with Crippen molar-refractivity contribution in [3.63, 3.8) is 0 Å². The van der Waals surface area contributed by atoms with Crippen molar-refractivity contribution < 1.29 is 4.74 Å². The lowest BCUT2D eigenvalue weighted by Crippen LogP contribution is -2.38. The van der Waals surface area contributed by atoms with E-state index in [9.17, 15) is 0 Å². The van der Waals surface area contributed by atoms with Gasteiger partial charge in [0.1, 0.15) is 5.75 Å². The minimum atomic E-state index is 0.604. The highest BCUT2D eigenvalue weighted by Crippen LogP contribution is 2.23. The van der Waals surface area contributed by atoms with Crippen molar-refractivity contribution in [2.75, 3.05) is 44.7 Å². The lowest BCUT2D eigenvalue weighted by Gasteiger charge is -2.18. The maximum atomic E-state index is 5.43. The van der Waals surface area contributed by atoms with Crippen LogP contribution in [0.1, 0.15) is 24.5 Å². The van der Waals surface area contributed by atoms with Crippen LogP contribution in [0.15, 0.2) is 53.5 Å². The van der Waals surface area contributed by atoms with Crippen LogP contribution in [0.25, 0.3) is 0 Å². The molecule has 0 aliphatic carbocycles. The molecule has 2 aromatic carbocycles. The molecule has 1 fully saturated rings. The Morgan fingerprint density at radius 3 is 2.76 bits per heavy atom. The third-order valence-corrected chi connectivity index (χ3v) is 5.44. The molecule has 0 saturated carbocycles. The Kier molecular flexibility index (Phi) is 7.79. The van der Waals surface area contributed by atoms with E-state index in [2.05, 4.69) is 77.9 Å². The zero-order valence-corrected chi connectivity index (χ0v) is 17.9. The molecular formula is C24H34N4O. The van der Waals surface area contributed by atoms with Crippen molar-refractivity contribution in [3.05, 3.63) is 59.7 Å². The molecule has 0 spiro atoms. The van der Waals surface area contributed by atoms with Gasteiger partial charge in [0.05, 0.1) is 7.11 Å². The average molecular weight is 395 g/mol. The number of ether oxygens (including phenoxy) is 1. The molecule has 0 amide bonds. The van der Waals surface area contributed by atoms with Gasteiger partial charge >= 0.3 is 0 Å². The summed E-state index contributed by atoms with van der Waals surface area (Å²) in [4.78, 5) is 7.31. The highest BCUT2D eigenvalue weighted by molar-refractivity contribution is 5.79. The van der Waals surface area contributed by atoms with E-state index in [0.717, 1.165) is 50.9 Å². The number of para-hydroxylation sites is 1. The minimum absolute atomic E-state index is 0.604. The first-order chi connectivity index (χ1) is 14.2. The molecule has 3 rings (SSSR count). The molecule has 0 aromatic heterocycles. The number of hydrogen-bond donors (Lipinski definition) is 2. The number of methoxy groups -OCH3 is 1. The second-order valence-electron chi connectivity index (χ2n) is 7.64. The topological polar surface area (TPSA) is 48.9 Å². The summed E-state index contributed by atoms with van der Waals surface area (Å²) in [7, 11) is 1.72. The molecule has 5 nitrogen and oxygen atoms in total. The van der Waals surface area contributed by atoms with Crippen molar-refractivity contribution in [1.29, 1.82) is 0 Å². The van der Waals surface area contributed by atoms with E-state index in [1.54, 1.807) is 7.11 Å².